The van der Waals surface area contributed by atoms with E-state index in [0.717, 1.165) is 16.7 Å². The number of thiophene rings is 1. The second-order valence-corrected chi connectivity index (χ2v) is 7.67. The van der Waals surface area contributed by atoms with Crippen molar-refractivity contribution in [2.45, 2.75) is 0 Å². The summed E-state index contributed by atoms with van der Waals surface area (Å²) in [5.41, 5.74) is 4.26. The lowest BCUT2D eigenvalue weighted by molar-refractivity contribution is 0.670. The highest BCUT2D eigenvalue weighted by Gasteiger charge is 2.13. The standard InChI is InChI=1S/C24H14OS/c1-3-10-21-17(6-1)19-9-5-8-16(24(19)25-21)15-12-13-23-20(14-15)18-7-2-4-11-22(18)26-23/h1-14H. The number of benzene rings is 4. The summed E-state index contributed by atoms with van der Waals surface area (Å²) < 4.78 is 8.88. The van der Waals surface area contributed by atoms with Gasteiger partial charge in [-0.25, -0.2) is 0 Å². The first-order valence-corrected chi connectivity index (χ1v) is 9.52. The van der Waals surface area contributed by atoms with Gasteiger partial charge in [0.15, 0.2) is 0 Å². The van der Waals surface area contributed by atoms with E-state index in [9.17, 15) is 0 Å². The molecule has 0 saturated heterocycles. The summed E-state index contributed by atoms with van der Waals surface area (Å²) in [6.07, 6.45) is 0. The molecule has 2 heteroatoms. The monoisotopic (exact) mass is 350 g/mol. The summed E-state index contributed by atoms with van der Waals surface area (Å²) in [7, 11) is 0. The van der Waals surface area contributed by atoms with E-state index < -0.39 is 0 Å². The molecular formula is C24H14OS. The number of hydrogen-bond acceptors (Lipinski definition) is 2. The molecule has 0 saturated carbocycles. The zero-order valence-corrected chi connectivity index (χ0v) is 14.7. The molecule has 0 aliphatic heterocycles. The van der Waals surface area contributed by atoms with Crippen LogP contribution in [0.15, 0.2) is 89.3 Å². The molecular weight excluding hydrogens is 336 g/mol. The van der Waals surface area contributed by atoms with Crippen molar-refractivity contribution in [3.05, 3.63) is 84.9 Å². The minimum atomic E-state index is 0.942. The molecule has 2 heterocycles. The third-order valence-electron chi connectivity index (χ3n) is 5.09. The molecule has 6 aromatic rings. The first-order valence-electron chi connectivity index (χ1n) is 8.70. The first-order chi connectivity index (χ1) is 12.9. The van der Waals surface area contributed by atoms with Gasteiger partial charge in [0, 0.05) is 36.5 Å². The van der Waals surface area contributed by atoms with Crippen LogP contribution in [-0.2, 0) is 0 Å². The molecule has 0 spiro atoms. The number of fused-ring (bicyclic) bond motifs is 6. The van der Waals surface area contributed by atoms with E-state index in [-0.39, 0.29) is 0 Å². The van der Waals surface area contributed by atoms with Gasteiger partial charge in [0.1, 0.15) is 11.2 Å². The maximum Gasteiger partial charge on any atom is 0.143 e. The van der Waals surface area contributed by atoms with Gasteiger partial charge in [-0.1, -0.05) is 60.7 Å². The Morgan fingerprint density at radius 2 is 1.35 bits per heavy atom. The lowest BCUT2D eigenvalue weighted by Crippen LogP contribution is -1.78. The lowest BCUT2D eigenvalue weighted by Gasteiger charge is -2.03. The zero-order valence-electron chi connectivity index (χ0n) is 13.9. The highest BCUT2D eigenvalue weighted by molar-refractivity contribution is 7.25. The fourth-order valence-electron chi connectivity index (χ4n) is 3.87. The van der Waals surface area contributed by atoms with Gasteiger partial charge < -0.3 is 4.42 Å². The fraction of sp³-hybridized carbons (Fsp3) is 0. The minimum Gasteiger partial charge on any atom is -0.455 e. The van der Waals surface area contributed by atoms with E-state index in [2.05, 4.69) is 72.8 Å². The molecule has 26 heavy (non-hydrogen) atoms. The van der Waals surface area contributed by atoms with Crippen molar-refractivity contribution in [3.63, 3.8) is 0 Å². The second-order valence-electron chi connectivity index (χ2n) is 6.59. The molecule has 1 nitrogen and oxygen atoms in total. The third kappa shape index (κ3) is 1.91. The van der Waals surface area contributed by atoms with Crippen molar-refractivity contribution in [2.24, 2.45) is 0 Å². The van der Waals surface area contributed by atoms with Gasteiger partial charge in [-0.2, -0.15) is 0 Å². The SMILES string of the molecule is c1ccc2c(c1)oc1c(-c3ccc4sc5ccccc5c4c3)cccc12. The Labute approximate surface area is 154 Å². The van der Waals surface area contributed by atoms with Crippen molar-refractivity contribution < 1.29 is 4.42 Å². The van der Waals surface area contributed by atoms with Gasteiger partial charge in [0.25, 0.3) is 0 Å². The maximum atomic E-state index is 6.22. The topological polar surface area (TPSA) is 13.1 Å². The van der Waals surface area contributed by atoms with Gasteiger partial charge >= 0.3 is 0 Å². The quantitative estimate of drug-likeness (QED) is 0.297. The van der Waals surface area contributed by atoms with E-state index >= 15 is 0 Å². The van der Waals surface area contributed by atoms with Gasteiger partial charge in [0.2, 0.25) is 0 Å². The zero-order chi connectivity index (χ0) is 17.1. The van der Waals surface area contributed by atoms with E-state index in [4.69, 9.17) is 4.42 Å². The molecule has 2 aromatic heterocycles. The average Bonchev–Trinajstić information content (AvgIpc) is 3.25. The Morgan fingerprint density at radius 3 is 2.31 bits per heavy atom. The number of rotatable bonds is 1. The molecule has 0 unspecified atom stereocenters. The van der Waals surface area contributed by atoms with E-state index in [1.165, 1.54) is 36.5 Å². The van der Waals surface area contributed by atoms with Crippen molar-refractivity contribution in [1.82, 2.24) is 0 Å². The predicted octanol–water partition coefficient (Wildman–Crippen LogP) is 7.62. The van der Waals surface area contributed by atoms with Crippen molar-refractivity contribution in [1.29, 1.82) is 0 Å². The summed E-state index contributed by atoms with van der Waals surface area (Å²) in [5.74, 6) is 0. The normalized spacial score (nSPS) is 11.8. The molecule has 0 aliphatic carbocycles. The van der Waals surface area contributed by atoms with Crippen LogP contribution in [0.3, 0.4) is 0 Å². The summed E-state index contributed by atoms with van der Waals surface area (Å²) in [4.78, 5) is 0. The molecule has 0 N–H and O–H groups in total. The number of hydrogen-bond donors (Lipinski definition) is 0. The Morgan fingerprint density at radius 1 is 0.577 bits per heavy atom. The van der Waals surface area contributed by atoms with Crippen LogP contribution >= 0.6 is 11.3 Å². The summed E-state index contributed by atoms with van der Waals surface area (Å²) in [5, 5.41) is 4.99. The molecule has 0 atom stereocenters. The van der Waals surface area contributed by atoms with Crippen LogP contribution in [0.5, 0.6) is 0 Å². The average molecular weight is 350 g/mol. The van der Waals surface area contributed by atoms with E-state index in [1.54, 1.807) is 0 Å². The molecule has 0 radical (unpaired) electrons. The third-order valence-corrected chi connectivity index (χ3v) is 6.24. The van der Waals surface area contributed by atoms with Gasteiger partial charge in [0.05, 0.1) is 0 Å². The largest absolute Gasteiger partial charge is 0.455 e. The van der Waals surface area contributed by atoms with Crippen LogP contribution in [0.25, 0.3) is 53.2 Å². The highest BCUT2D eigenvalue weighted by Crippen LogP contribution is 2.39. The van der Waals surface area contributed by atoms with E-state index in [0.29, 0.717) is 0 Å². The Hall–Kier alpha value is -3.10. The molecule has 122 valence electrons. The van der Waals surface area contributed by atoms with Crippen molar-refractivity contribution in [2.75, 3.05) is 0 Å². The summed E-state index contributed by atoms with van der Waals surface area (Å²) in [6, 6.07) is 30.0. The summed E-state index contributed by atoms with van der Waals surface area (Å²) >= 11 is 1.85. The molecule has 4 aromatic carbocycles. The van der Waals surface area contributed by atoms with Crippen LogP contribution in [0.2, 0.25) is 0 Å². The Bertz CT molecular complexity index is 1430. The van der Waals surface area contributed by atoms with Gasteiger partial charge in [-0.05, 0) is 29.8 Å². The molecule has 0 amide bonds. The number of furan rings is 1. The maximum absolute atomic E-state index is 6.22. The molecule has 0 bridgehead atoms. The van der Waals surface area contributed by atoms with Crippen LogP contribution in [0.4, 0.5) is 0 Å². The lowest BCUT2D eigenvalue weighted by atomic mass is 10.0. The van der Waals surface area contributed by atoms with Crippen LogP contribution in [0, 0.1) is 0 Å². The second kappa shape index (κ2) is 5.20. The summed E-state index contributed by atoms with van der Waals surface area (Å²) in [6.45, 7) is 0. The number of para-hydroxylation sites is 2. The smallest absolute Gasteiger partial charge is 0.143 e. The first kappa shape index (κ1) is 14.1. The van der Waals surface area contributed by atoms with Gasteiger partial charge in [-0.3, -0.25) is 0 Å². The Balaban J connectivity index is 1.68. The fourth-order valence-corrected chi connectivity index (χ4v) is 4.95. The molecule has 6 rings (SSSR count). The molecule has 0 aliphatic rings. The molecule has 0 fully saturated rings. The highest BCUT2D eigenvalue weighted by atomic mass is 32.1. The van der Waals surface area contributed by atoms with Crippen LogP contribution < -0.4 is 0 Å². The van der Waals surface area contributed by atoms with Crippen molar-refractivity contribution >= 4 is 53.4 Å². The van der Waals surface area contributed by atoms with Crippen LogP contribution in [-0.4, -0.2) is 0 Å². The van der Waals surface area contributed by atoms with E-state index in [1.807, 2.05) is 23.5 Å². The van der Waals surface area contributed by atoms with Crippen LogP contribution in [0.1, 0.15) is 0 Å². The Kier molecular flexibility index (Phi) is 2.82. The van der Waals surface area contributed by atoms with Gasteiger partial charge in [-0.15, -0.1) is 11.3 Å². The predicted molar refractivity (Wildman–Crippen MR) is 112 cm³/mol. The van der Waals surface area contributed by atoms with Crippen molar-refractivity contribution in [3.8, 4) is 11.1 Å². The minimum absolute atomic E-state index is 0.942.